The third kappa shape index (κ3) is 4.17. The lowest BCUT2D eigenvalue weighted by atomic mass is 10.2. The van der Waals surface area contributed by atoms with Gasteiger partial charge < -0.3 is 20.8 Å². The van der Waals surface area contributed by atoms with Crippen molar-refractivity contribution in [3.05, 3.63) is 34.1 Å². The lowest BCUT2D eigenvalue weighted by Gasteiger charge is -2.09. The van der Waals surface area contributed by atoms with E-state index in [2.05, 4.69) is 0 Å². The molecule has 20 heavy (non-hydrogen) atoms. The summed E-state index contributed by atoms with van der Waals surface area (Å²) in [6, 6.07) is 1.53. The van der Waals surface area contributed by atoms with Gasteiger partial charge in [0.2, 0.25) is 0 Å². The third-order valence-corrected chi connectivity index (χ3v) is 2.15. The predicted octanol–water partition coefficient (Wildman–Crippen LogP) is 0.301. The number of nitro benzene ring substituents is 1. The summed E-state index contributed by atoms with van der Waals surface area (Å²) in [7, 11) is 0. The summed E-state index contributed by atoms with van der Waals surface area (Å²) in [6.45, 7) is -0.599. The fourth-order valence-corrected chi connectivity index (χ4v) is 1.17. The topological polar surface area (TPSA) is 142 Å². The zero-order valence-corrected chi connectivity index (χ0v) is 9.87. The molecule has 0 saturated heterocycles. The van der Waals surface area contributed by atoms with Gasteiger partial charge in [0, 0.05) is 12.1 Å². The number of carbonyl (C=O) groups is 2. The third-order valence-electron chi connectivity index (χ3n) is 2.15. The fraction of sp³-hybridized carbons (Fsp3) is 0.200. The first kappa shape index (κ1) is 15.3. The minimum atomic E-state index is -1.81. The van der Waals surface area contributed by atoms with Crippen molar-refractivity contribution in [1.29, 1.82) is 0 Å². The van der Waals surface area contributed by atoms with Gasteiger partial charge in [0.05, 0.1) is 17.2 Å². The van der Waals surface area contributed by atoms with Gasteiger partial charge in [-0.2, -0.15) is 0 Å². The van der Waals surface area contributed by atoms with E-state index in [4.69, 9.17) is 10.2 Å². The van der Waals surface area contributed by atoms with E-state index < -0.39 is 46.8 Å². The van der Waals surface area contributed by atoms with Crippen molar-refractivity contribution in [3.8, 4) is 0 Å². The highest BCUT2D eigenvalue weighted by molar-refractivity contribution is 5.90. The van der Waals surface area contributed by atoms with Gasteiger partial charge in [0.1, 0.15) is 5.82 Å². The van der Waals surface area contributed by atoms with Gasteiger partial charge in [0.25, 0.3) is 5.69 Å². The predicted molar refractivity (Wildman–Crippen MR) is 63.7 cm³/mol. The lowest BCUT2D eigenvalue weighted by Crippen LogP contribution is -2.38. The summed E-state index contributed by atoms with van der Waals surface area (Å²) < 4.78 is 13.3. The van der Waals surface area contributed by atoms with Crippen LogP contribution in [-0.4, -0.2) is 39.8 Å². The minimum Gasteiger partial charge on any atom is -0.479 e. The summed E-state index contributed by atoms with van der Waals surface area (Å²) in [6.07, 6.45) is -1.81. The Morgan fingerprint density at radius 2 is 2.10 bits per heavy atom. The summed E-state index contributed by atoms with van der Waals surface area (Å²) >= 11 is 0. The standard InChI is InChI=1S/C10H10FN3O6/c11-6-2-1-5(14(19)20)3-7(6)13-10(18)12-4-8(15)9(16)17/h1-3,8,15H,4H2,(H,16,17)(H2,12,13,18)/t8-/m0/s1. The van der Waals surface area contributed by atoms with Gasteiger partial charge >= 0.3 is 12.0 Å². The van der Waals surface area contributed by atoms with E-state index in [-0.39, 0.29) is 0 Å². The minimum absolute atomic E-state index is 0.424. The first-order chi connectivity index (χ1) is 9.31. The average molecular weight is 287 g/mol. The number of aliphatic hydroxyl groups excluding tert-OH is 1. The molecule has 0 heterocycles. The molecule has 0 unspecified atom stereocenters. The second-order valence-electron chi connectivity index (χ2n) is 3.61. The number of non-ortho nitro benzene ring substituents is 1. The van der Waals surface area contributed by atoms with Crippen LogP contribution >= 0.6 is 0 Å². The Labute approximate surface area is 111 Å². The van der Waals surface area contributed by atoms with Gasteiger partial charge in [0.15, 0.2) is 6.10 Å². The normalized spacial score (nSPS) is 11.5. The Morgan fingerprint density at radius 1 is 1.45 bits per heavy atom. The maximum absolute atomic E-state index is 13.3. The van der Waals surface area contributed by atoms with Gasteiger partial charge in [-0.15, -0.1) is 0 Å². The molecule has 0 aromatic heterocycles. The maximum atomic E-state index is 13.3. The van der Waals surface area contributed by atoms with Crippen LogP contribution in [-0.2, 0) is 4.79 Å². The smallest absolute Gasteiger partial charge is 0.334 e. The molecule has 0 spiro atoms. The fourth-order valence-electron chi connectivity index (χ4n) is 1.17. The molecule has 1 rings (SSSR count). The van der Waals surface area contributed by atoms with Crippen molar-refractivity contribution < 1.29 is 29.1 Å². The number of nitro groups is 1. The number of hydrogen-bond donors (Lipinski definition) is 4. The molecule has 4 N–H and O–H groups in total. The molecule has 108 valence electrons. The number of urea groups is 1. The molecule has 0 aliphatic rings. The first-order valence-electron chi connectivity index (χ1n) is 5.21. The number of rotatable bonds is 5. The molecule has 0 fully saturated rings. The zero-order chi connectivity index (χ0) is 15.3. The summed E-state index contributed by atoms with van der Waals surface area (Å²) in [4.78, 5) is 31.3. The van der Waals surface area contributed by atoms with E-state index in [1.165, 1.54) is 0 Å². The summed E-state index contributed by atoms with van der Waals surface area (Å²) in [5.74, 6) is -2.43. The Bertz CT molecular complexity index is 550. The number of carboxylic acid groups (broad SMARTS) is 1. The van der Waals surface area contributed by atoms with Crippen LogP contribution in [0.5, 0.6) is 0 Å². The number of carbonyl (C=O) groups excluding carboxylic acids is 1. The Hall–Kier alpha value is -2.75. The Morgan fingerprint density at radius 3 is 2.65 bits per heavy atom. The largest absolute Gasteiger partial charge is 0.479 e. The molecule has 10 heteroatoms. The number of aliphatic hydroxyl groups is 1. The Balaban J connectivity index is 2.68. The molecule has 2 amide bonds. The summed E-state index contributed by atoms with van der Waals surface area (Å²) in [5.41, 5.74) is -0.867. The van der Waals surface area contributed by atoms with E-state index in [1.807, 2.05) is 10.6 Å². The maximum Gasteiger partial charge on any atom is 0.334 e. The number of hydrogen-bond acceptors (Lipinski definition) is 5. The van der Waals surface area contributed by atoms with Crippen molar-refractivity contribution in [2.75, 3.05) is 11.9 Å². The molecule has 1 atom stereocenters. The monoisotopic (exact) mass is 287 g/mol. The molecular formula is C10H10FN3O6. The highest BCUT2D eigenvalue weighted by atomic mass is 19.1. The van der Waals surface area contributed by atoms with E-state index in [0.29, 0.717) is 0 Å². The Kier molecular flexibility index (Phi) is 4.92. The van der Waals surface area contributed by atoms with Crippen LogP contribution in [0.1, 0.15) is 0 Å². The van der Waals surface area contributed by atoms with E-state index in [1.54, 1.807) is 0 Å². The van der Waals surface area contributed by atoms with Crippen molar-refractivity contribution in [1.82, 2.24) is 5.32 Å². The van der Waals surface area contributed by atoms with Gasteiger partial charge in [-0.3, -0.25) is 10.1 Å². The van der Waals surface area contributed by atoms with Crippen molar-refractivity contribution in [2.24, 2.45) is 0 Å². The van der Waals surface area contributed by atoms with Crippen LogP contribution < -0.4 is 10.6 Å². The molecule has 0 aliphatic carbocycles. The summed E-state index contributed by atoms with van der Waals surface area (Å²) in [5, 5.41) is 31.7. The van der Waals surface area contributed by atoms with Gasteiger partial charge in [-0.05, 0) is 6.07 Å². The van der Waals surface area contributed by atoms with E-state index in [0.717, 1.165) is 18.2 Å². The van der Waals surface area contributed by atoms with Crippen LogP contribution in [0.3, 0.4) is 0 Å². The molecule has 0 aliphatic heterocycles. The number of nitrogens with one attached hydrogen (secondary N) is 2. The van der Waals surface area contributed by atoms with Gasteiger partial charge in [-0.1, -0.05) is 0 Å². The molecule has 1 aromatic carbocycles. The van der Waals surface area contributed by atoms with Crippen LogP contribution in [0.2, 0.25) is 0 Å². The van der Waals surface area contributed by atoms with Crippen LogP contribution in [0.25, 0.3) is 0 Å². The van der Waals surface area contributed by atoms with Crippen molar-refractivity contribution in [2.45, 2.75) is 6.10 Å². The number of anilines is 1. The highest BCUT2D eigenvalue weighted by Crippen LogP contribution is 2.20. The second kappa shape index (κ2) is 6.43. The number of benzene rings is 1. The number of aliphatic carboxylic acids is 1. The van der Waals surface area contributed by atoms with Crippen LogP contribution in [0, 0.1) is 15.9 Å². The number of nitrogens with zero attached hydrogens (tertiary/aromatic N) is 1. The highest BCUT2D eigenvalue weighted by Gasteiger charge is 2.16. The molecule has 0 radical (unpaired) electrons. The first-order valence-corrected chi connectivity index (χ1v) is 5.21. The second-order valence-corrected chi connectivity index (χ2v) is 3.61. The number of amides is 2. The van der Waals surface area contributed by atoms with Crippen LogP contribution in [0.15, 0.2) is 18.2 Å². The average Bonchev–Trinajstić information content (AvgIpc) is 2.38. The van der Waals surface area contributed by atoms with E-state index >= 15 is 0 Å². The lowest BCUT2D eigenvalue weighted by molar-refractivity contribution is -0.384. The number of halogens is 1. The quantitative estimate of drug-likeness (QED) is 0.453. The molecule has 1 aromatic rings. The SMILES string of the molecule is O=C(NC[C@H](O)C(=O)O)Nc1cc([N+](=O)[O-])ccc1F. The molecule has 0 bridgehead atoms. The molecule has 9 nitrogen and oxygen atoms in total. The van der Waals surface area contributed by atoms with Crippen LogP contribution in [0.4, 0.5) is 20.6 Å². The zero-order valence-electron chi connectivity index (χ0n) is 9.87. The van der Waals surface area contributed by atoms with Gasteiger partial charge in [-0.25, -0.2) is 14.0 Å². The molecule has 0 saturated carbocycles. The van der Waals surface area contributed by atoms with Crippen molar-refractivity contribution >= 4 is 23.4 Å². The van der Waals surface area contributed by atoms with E-state index in [9.17, 15) is 24.1 Å². The number of carboxylic acids is 1. The van der Waals surface area contributed by atoms with Crippen molar-refractivity contribution in [3.63, 3.8) is 0 Å². The molecular weight excluding hydrogens is 277 g/mol.